The molecule has 0 fully saturated rings. The zero-order valence-electron chi connectivity index (χ0n) is 19.1. The zero-order valence-corrected chi connectivity index (χ0v) is 19.9. The number of allylic oxidation sites excluding steroid dienone is 1. The van der Waals surface area contributed by atoms with E-state index in [0.29, 0.717) is 25.7 Å². The number of rotatable bonds is 9. The Kier molecular flexibility index (Phi) is 7.24. The summed E-state index contributed by atoms with van der Waals surface area (Å²) in [6.45, 7) is 1.93. The Labute approximate surface area is 200 Å². The molecule has 1 aromatic heterocycles. The first-order valence-corrected chi connectivity index (χ1v) is 12.8. The van der Waals surface area contributed by atoms with Gasteiger partial charge in [0.1, 0.15) is 0 Å². The first kappa shape index (κ1) is 23.9. The van der Waals surface area contributed by atoms with Crippen molar-refractivity contribution in [3.63, 3.8) is 0 Å². The van der Waals surface area contributed by atoms with Crippen molar-refractivity contribution in [2.75, 3.05) is 0 Å². The van der Waals surface area contributed by atoms with Gasteiger partial charge >= 0.3 is 5.97 Å². The molecule has 7 heteroatoms. The van der Waals surface area contributed by atoms with Crippen LogP contribution in [0.2, 0.25) is 0 Å². The lowest BCUT2D eigenvalue weighted by Crippen LogP contribution is -2.35. The number of nitrogens with zero attached hydrogens (tertiary/aromatic N) is 1. The smallest absolute Gasteiger partial charge is 0.303 e. The lowest BCUT2D eigenvalue weighted by Gasteiger charge is -2.13. The molecule has 1 heterocycles. The van der Waals surface area contributed by atoms with E-state index in [1.165, 1.54) is 0 Å². The standard InChI is InChI=1S/C27H28N2O4S/c1-19-8-12-25(13-9-19)34(32,33)29-24-16-20-10-11-21(15-23(20)17-24)26(6-2-3-7-27(30)31)22-5-4-14-28-18-22/h4-6,8-15,18,24,29H,2-3,7,16-17H2,1H3,(H,30,31)/b26-6-. The van der Waals surface area contributed by atoms with Gasteiger partial charge in [0.05, 0.1) is 4.90 Å². The van der Waals surface area contributed by atoms with Gasteiger partial charge in [-0.15, -0.1) is 0 Å². The molecule has 0 radical (unpaired) electrons. The third kappa shape index (κ3) is 5.79. The number of aromatic nitrogens is 1. The molecule has 0 bridgehead atoms. The second-order valence-electron chi connectivity index (χ2n) is 8.67. The summed E-state index contributed by atoms with van der Waals surface area (Å²) in [7, 11) is -3.59. The number of sulfonamides is 1. The lowest BCUT2D eigenvalue weighted by molar-refractivity contribution is -0.137. The van der Waals surface area contributed by atoms with Crippen LogP contribution in [-0.2, 0) is 27.7 Å². The number of benzene rings is 2. The minimum atomic E-state index is -3.59. The van der Waals surface area contributed by atoms with Crippen LogP contribution in [0.15, 0.2) is 78.0 Å². The highest BCUT2D eigenvalue weighted by Gasteiger charge is 2.27. The molecule has 4 rings (SSSR count). The van der Waals surface area contributed by atoms with E-state index in [1.54, 1.807) is 36.7 Å². The summed E-state index contributed by atoms with van der Waals surface area (Å²) in [5, 5.41) is 8.93. The number of aliphatic carboxylic acids is 1. The maximum atomic E-state index is 12.8. The molecule has 0 saturated heterocycles. The highest BCUT2D eigenvalue weighted by Crippen LogP contribution is 2.30. The first-order chi connectivity index (χ1) is 16.3. The summed E-state index contributed by atoms with van der Waals surface area (Å²) in [6, 6.07) is 16.8. The van der Waals surface area contributed by atoms with Crippen LogP contribution >= 0.6 is 0 Å². The Bertz CT molecular complexity index is 1300. The number of fused-ring (bicyclic) bond motifs is 1. The number of carbonyl (C=O) groups is 1. The van der Waals surface area contributed by atoms with Crippen LogP contribution in [0.3, 0.4) is 0 Å². The Hall–Kier alpha value is -3.29. The molecular weight excluding hydrogens is 448 g/mol. The number of hydrogen-bond donors (Lipinski definition) is 2. The number of aryl methyl sites for hydroxylation is 1. The highest BCUT2D eigenvalue weighted by atomic mass is 32.2. The third-order valence-electron chi connectivity index (χ3n) is 6.02. The summed E-state index contributed by atoms with van der Waals surface area (Å²) in [5.41, 5.74) is 6.26. The number of carboxylic acid groups (broad SMARTS) is 1. The van der Waals surface area contributed by atoms with Gasteiger partial charge in [0.25, 0.3) is 0 Å². The van der Waals surface area contributed by atoms with Gasteiger partial charge in [0.2, 0.25) is 10.0 Å². The Morgan fingerprint density at radius 3 is 2.56 bits per heavy atom. The molecule has 1 aliphatic carbocycles. The molecule has 34 heavy (non-hydrogen) atoms. The van der Waals surface area contributed by atoms with Crippen molar-refractivity contribution in [3.8, 4) is 0 Å². The fourth-order valence-corrected chi connectivity index (χ4v) is 5.53. The largest absolute Gasteiger partial charge is 0.481 e. The van der Waals surface area contributed by atoms with E-state index in [9.17, 15) is 13.2 Å². The van der Waals surface area contributed by atoms with Crippen LogP contribution in [0.25, 0.3) is 5.57 Å². The number of unbranched alkanes of at least 4 members (excludes halogenated alkanes) is 1. The first-order valence-electron chi connectivity index (χ1n) is 11.4. The quantitative estimate of drug-likeness (QED) is 0.443. The SMILES string of the molecule is Cc1ccc(S(=O)(=O)NC2Cc3ccc(/C(=C/CCCC(=O)O)c4cccnc4)cc3C2)cc1. The second kappa shape index (κ2) is 10.3. The van der Waals surface area contributed by atoms with E-state index in [-0.39, 0.29) is 17.4 Å². The minimum absolute atomic E-state index is 0.129. The van der Waals surface area contributed by atoms with Gasteiger partial charge in [-0.2, -0.15) is 0 Å². The van der Waals surface area contributed by atoms with E-state index >= 15 is 0 Å². The number of pyridine rings is 1. The molecule has 2 aromatic carbocycles. The van der Waals surface area contributed by atoms with Crippen molar-refractivity contribution in [2.24, 2.45) is 0 Å². The predicted octanol–water partition coefficient (Wildman–Crippen LogP) is 4.52. The summed E-state index contributed by atoms with van der Waals surface area (Å²) in [4.78, 5) is 15.4. The van der Waals surface area contributed by atoms with Crippen molar-refractivity contribution in [1.29, 1.82) is 0 Å². The summed E-state index contributed by atoms with van der Waals surface area (Å²) >= 11 is 0. The normalized spacial score (nSPS) is 15.8. The molecule has 0 amide bonds. The van der Waals surface area contributed by atoms with E-state index in [0.717, 1.165) is 33.4 Å². The fraction of sp³-hybridized carbons (Fsp3) is 0.259. The molecule has 6 nitrogen and oxygen atoms in total. The van der Waals surface area contributed by atoms with Crippen LogP contribution in [0.5, 0.6) is 0 Å². The molecule has 1 atom stereocenters. The molecule has 1 unspecified atom stereocenters. The number of hydrogen-bond acceptors (Lipinski definition) is 4. The van der Waals surface area contributed by atoms with Gasteiger partial charge in [0.15, 0.2) is 0 Å². The van der Waals surface area contributed by atoms with Crippen LogP contribution in [-0.4, -0.2) is 30.5 Å². The van der Waals surface area contributed by atoms with Crippen molar-refractivity contribution < 1.29 is 18.3 Å². The molecule has 1 aliphatic rings. The van der Waals surface area contributed by atoms with Crippen LogP contribution < -0.4 is 4.72 Å². The summed E-state index contributed by atoms with van der Waals surface area (Å²) in [5.74, 6) is -0.798. The molecule has 0 spiro atoms. The van der Waals surface area contributed by atoms with Crippen LogP contribution in [0, 0.1) is 6.92 Å². The average molecular weight is 477 g/mol. The van der Waals surface area contributed by atoms with Gasteiger partial charge in [0, 0.05) is 30.4 Å². The third-order valence-corrected chi connectivity index (χ3v) is 7.56. The Balaban J connectivity index is 1.53. The molecule has 176 valence electrons. The van der Waals surface area contributed by atoms with Crippen molar-refractivity contribution >= 4 is 21.6 Å². The summed E-state index contributed by atoms with van der Waals surface area (Å²) < 4.78 is 28.5. The molecule has 0 saturated carbocycles. The summed E-state index contributed by atoms with van der Waals surface area (Å²) in [6.07, 6.45) is 8.18. The zero-order chi connectivity index (χ0) is 24.1. The Morgan fingerprint density at radius 2 is 1.85 bits per heavy atom. The lowest BCUT2D eigenvalue weighted by atomic mass is 9.95. The highest BCUT2D eigenvalue weighted by molar-refractivity contribution is 7.89. The van der Waals surface area contributed by atoms with Gasteiger partial charge in [-0.25, -0.2) is 13.1 Å². The van der Waals surface area contributed by atoms with Crippen molar-refractivity contribution in [2.45, 2.75) is 50.0 Å². The monoisotopic (exact) mass is 476 g/mol. The predicted molar refractivity (Wildman–Crippen MR) is 132 cm³/mol. The van der Waals surface area contributed by atoms with Gasteiger partial charge < -0.3 is 5.11 Å². The Morgan fingerprint density at radius 1 is 1.09 bits per heavy atom. The number of carboxylic acids is 1. The molecule has 3 aromatic rings. The second-order valence-corrected chi connectivity index (χ2v) is 10.4. The van der Waals surface area contributed by atoms with E-state index in [2.05, 4.69) is 27.9 Å². The van der Waals surface area contributed by atoms with Gasteiger partial charge in [-0.3, -0.25) is 9.78 Å². The van der Waals surface area contributed by atoms with Crippen molar-refractivity contribution in [3.05, 3.63) is 101 Å². The van der Waals surface area contributed by atoms with E-state index in [4.69, 9.17) is 5.11 Å². The van der Waals surface area contributed by atoms with Gasteiger partial charge in [-0.1, -0.05) is 48.0 Å². The van der Waals surface area contributed by atoms with E-state index < -0.39 is 16.0 Å². The maximum Gasteiger partial charge on any atom is 0.303 e. The number of nitrogens with one attached hydrogen (secondary N) is 1. The molecular formula is C27H28N2O4S. The van der Waals surface area contributed by atoms with Crippen LogP contribution in [0.1, 0.15) is 47.1 Å². The molecule has 2 N–H and O–H groups in total. The average Bonchev–Trinajstić information content (AvgIpc) is 3.20. The topological polar surface area (TPSA) is 96.4 Å². The maximum absolute atomic E-state index is 12.8. The molecule has 0 aliphatic heterocycles. The van der Waals surface area contributed by atoms with Crippen LogP contribution in [0.4, 0.5) is 0 Å². The minimum Gasteiger partial charge on any atom is -0.481 e. The van der Waals surface area contributed by atoms with Crippen molar-refractivity contribution in [1.82, 2.24) is 9.71 Å². The fourth-order valence-electron chi connectivity index (χ4n) is 4.30. The van der Waals surface area contributed by atoms with Gasteiger partial charge in [-0.05, 0) is 73.1 Å². The van der Waals surface area contributed by atoms with E-state index in [1.807, 2.05) is 25.1 Å².